The van der Waals surface area contributed by atoms with Crippen molar-refractivity contribution in [2.45, 2.75) is 32.9 Å². The Balaban J connectivity index is 0.00000456. The number of halogens is 3. The van der Waals surface area contributed by atoms with Crippen molar-refractivity contribution in [3.05, 3.63) is 70.2 Å². The largest absolute Gasteiger partial charge is 0.377 e. The number of ether oxygens (including phenoxy) is 1. The summed E-state index contributed by atoms with van der Waals surface area (Å²) in [7, 11) is 0. The SMILES string of the molecule is CC(C)OCCN(Cc1ccc(C(=O)N2CCN(CCc3ccc(Cl)cc3)CC2)cc1)C(=O)CCl.Cl. The van der Waals surface area contributed by atoms with Crippen molar-refractivity contribution in [1.82, 2.24) is 14.7 Å². The summed E-state index contributed by atoms with van der Waals surface area (Å²) < 4.78 is 5.58. The van der Waals surface area contributed by atoms with E-state index < -0.39 is 0 Å². The summed E-state index contributed by atoms with van der Waals surface area (Å²) in [6.45, 7) is 9.44. The zero-order valence-electron chi connectivity index (χ0n) is 21.0. The number of benzene rings is 2. The zero-order chi connectivity index (χ0) is 25.2. The molecular formula is C27H36Cl3N3O3. The highest BCUT2D eigenvalue weighted by molar-refractivity contribution is 6.30. The molecule has 1 fully saturated rings. The van der Waals surface area contributed by atoms with Crippen LogP contribution >= 0.6 is 35.6 Å². The first kappa shape index (κ1) is 30.4. The average Bonchev–Trinajstić information content (AvgIpc) is 2.87. The number of carbonyl (C=O) groups excluding carboxylic acids is 2. The van der Waals surface area contributed by atoms with Gasteiger partial charge in [0.1, 0.15) is 5.88 Å². The third-order valence-electron chi connectivity index (χ3n) is 6.14. The summed E-state index contributed by atoms with van der Waals surface area (Å²) in [6.07, 6.45) is 1.08. The van der Waals surface area contributed by atoms with Gasteiger partial charge in [0.25, 0.3) is 5.91 Å². The molecule has 0 radical (unpaired) electrons. The Morgan fingerprint density at radius 2 is 1.58 bits per heavy atom. The van der Waals surface area contributed by atoms with E-state index in [0.717, 1.165) is 49.7 Å². The second kappa shape index (κ2) is 15.4. The van der Waals surface area contributed by atoms with Gasteiger partial charge in [0.2, 0.25) is 5.91 Å². The van der Waals surface area contributed by atoms with Gasteiger partial charge in [-0.05, 0) is 55.7 Å². The van der Waals surface area contributed by atoms with Crippen molar-refractivity contribution in [2.24, 2.45) is 0 Å². The highest BCUT2D eigenvalue weighted by Crippen LogP contribution is 2.14. The maximum Gasteiger partial charge on any atom is 0.253 e. The summed E-state index contributed by atoms with van der Waals surface area (Å²) in [6, 6.07) is 15.5. The molecule has 2 aromatic carbocycles. The minimum absolute atomic E-state index is 0. The van der Waals surface area contributed by atoms with Crippen LogP contribution < -0.4 is 0 Å². The van der Waals surface area contributed by atoms with Gasteiger partial charge in [0, 0.05) is 56.4 Å². The van der Waals surface area contributed by atoms with Gasteiger partial charge in [-0.3, -0.25) is 14.5 Å². The van der Waals surface area contributed by atoms with E-state index in [1.807, 2.05) is 55.1 Å². The average molecular weight is 557 g/mol. The maximum atomic E-state index is 13.0. The van der Waals surface area contributed by atoms with Crippen molar-refractivity contribution in [2.75, 3.05) is 51.8 Å². The van der Waals surface area contributed by atoms with E-state index in [1.165, 1.54) is 5.56 Å². The number of carbonyl (C=O) groups is 2. The van der Waals surface area contributed by atoms with Crippen molar-refractivity contribution in [3.8, 4) is 0 Å². The standard InChI is InChI=1S/C27H35Cl2N3O3.ClH/c1-21(2)35-18-17-32(26(33)19-28)20-23-3-7-24(8-4-23)27(34)31-15-13-30(14-16-31)12-11-22-5-9-25(29)10-6-22;/h3-10,21H,11-20H2,1-2H3;1H. The molecule has 0 bridgehead atoms. The molecule has 0 spiro atoms. The Bertz CT molecular complexity index is 947. The van der Waals surface area contributed by atoms with Crippen molar-refractivity contribution in [3.63, 3.8) is 0 Å². The minimum atomic E-state index is -0.131. The van der Waals surface area contributed by atoms with Gasteiger partial charge in [0.05, 0.1) is 12.7 Å². The second-order valence-electron chi connectivity index (χ2n) is 9.08. The first-order chi connectivity index (χ1) is 16.9. The quantitative estimate of drug-likeness (QED) is 0.375. The van der Waals surface area contributed by atoms with E-state index in [2.05, 4.69) is 17.0 Å². The predicted octanol–water partition coefficient (Wildman–Crippen LogP) is 4.75. The first-order valence-electron chi connectivity index (χ1n) is 12.2. The van der Waals surface area contributed by atoms with Gasteiger partial charge in [-0.1, -0.05) is 35.9 Å². The summed E-state index contributed by atoms with van der Waals surface area (Å²) in [5.41, 5.74) is 2.89. The maximum absolute atomic E-state index is 13.0. The molecule has 3 rings (SSSR count). The molecule has 1 heterocycles. The zero-order valence-corrected chi connectivity index (χ0v) is 23.3. The Kier molecular flexibility index (Phi) is 13.0. The lowest BCUT2D eigenvalue weighted by Gasteiger charge is -2.34. The van der Waals surface area contributed by atoms with E-state index in [0.29, 0.717) is 25.3 Å². The Labute approximate surface area is 230 Å². The van der Waals surface area contributed by atoms with Crippen LogP contribution in [-0.2, 0) is 22.5 Å². The number of alkyl halides is 1. The van der Waals surface area contributed by atoms with Gasteiger partial charge in [-0.2, -0.15) is 0 Å². The van der Waals surface area contributed by atoms with Crippen LogP contribution in [-0.4, -0.2) is 84.4 Å². The van der Waals surface area contributed by atoms with Crippen LogP contribution in [0.5, 0.6) is 0 Å². The predicted molar refractivity (Wildman–Crippen MR) is 148 cm³/mol. The summed E-state index contributed by atoms with van der Waals surface area (Å²) in [4.78, 5) is 31.2. The molecule has 0 atom stereocenters. The van der Waals surface area contributed by atoms with Gasteiger partial charge >= 0.3 is 0 Å². The fourth-order valence-corrected chi connectivity index (χ4v) is 4.34. The van der Waals surface area contributed by atoms with Gasteiger partial charge < -0.3 is 14.5 Å². The van der Waals surface area contributed by atoms with Crippen LogP contribution in [0.2, 0.25) is 5.02 Å². The van der Waals surface area contributed by atoms with E-state index in [1.54, 1.807) is 4.90 Å². The Hall–Kier alpha value is -1.83. The molecule has 1 aliphatic rings. The number of nitrogens with zero attached hydrogens (tertiary/aromatic N) is 3. The molecule has 36 heavy (non-hydrogen) atoms. The highest BCUT2D eigenvalue weighted by Gasteiger charge is 2.22. The molecule has 2 amide bonds. The molecule has 1 aliphatic heterocycles. The van der Waals surface area contributed by atoms with Crippen molar-refractivity contribution >= 4 is 47.4 Å². The fourth-order valence-electron chi connectivity index (χ4n) is 4.04. The van der Waals surface area contributed by atoms with E-state index >= 15 is 0 Å². The van der Waals surface area contributed by atoms with Gasteiger partial charge in [-0.25, -0.2) is 0 Å². The van der Waals surface area contributed by atoms with Crippen molar-refractivity contribution < 1.29 is 14.3 Å². The summed E-state index contributed by atoms with van der Waals surface area (Å²) in [5.74, 6) is -0.148. The lowest BCUT2D eigenvalue weighted by Crippen LogP contribution is -2.49. The molecule has 0 aromatic heterocycles. The van der Waals surface area contributed by atoms with Crippen LogP contribution in [0.4, 0.5) is 0 Å². The molecule has 198 valence electrons. The molecule has 0 aliphatic carbocycles. The molecule has 0 N–H and O–H groups in total. The van der Waals surface area contributed by atoms with Crippen molar-refractivity contribution in [1.29, 1.82) is 0 Å². The summed E-state index contributed by atoms with van der Waals surface area (Å²) in [5, 5.41) is 0.756. The highest BCUT2D eigenvalue weighted by atomic mass is 35.5. The molecule has 0 unspecified atom stereocenters. The van der Waals surface area contributed by atoms with Crippen LogP contribution in [0.1, 0.15) is 35.3 Å². The van der Waals surface area contributed by atoms with Gasteiger partial charge in [-0.15, -0.1) is 24.0 Å². The number of hydrogen-bond donors (Lipinski definition) is 0. The topological polar surface area (TPSA) is 53.1 Å². The fraction of sp³-hybridized carbons (Fsp3) is 0.481. The second-order valence-corrected chi connectivity index (χ2v) is 9.78. The number of amides is 2. The monoisotopic (exact) mass is 555 g/mol. The van der Waals surface area contributed by atoms with E-state index in [4.69, 9.17) is 27.9 Å². The van der Waals surface area contributed by atoms with Crippen LogP contribution in [0.3, 0.4) is 0 Å². The summed E-state index contributed by atoms with van der Waals surface area (Å²) >= 11 is 11.7. The number of hydrogen-bond acceptors (Lipinski definition) is 4. The van der Waals surface area contributed by atoms with Crippen LogP contribution in [0, 0.1) is 0 Å². The van der Waals surface area contributed by atoms with Gasteiger partial charge in [0.15, 0.2) is 0 Å². The minimum Gasteiger partial charge on any atom is -0.377 e. The van der Waals surface area contributed by atoms with Crippen LogP contribution in [0.15, 0.2) is 48.5 Å². The smallest absolute Gasteiger partial charge is 0.253 e. The number of piperazine rings is 1. The molecule has 0 saturated carbocycles. The third kappa shape index (κ3) is 9.56. The normalized spacial score (nSPS) is 14.0. The molecule has 9 heteroatoms. The Morgan fingerprint density at radius 1 is 0.972 bits per heavy atom. The first-order valence-corrected chi connectivity index (χ1v) is 13.1. The molecule has 2 aromatic rings. The number of rotatable bonds is 11. The molecular weight excluding hydrogens is 521 g/mol. The lowest BCUT2D eigenvalue weighted by molar-refractivity contribution is -0.130. The molecule has 6 nitrogen and oxygen atoms in total. The Morgan fingerprint density at radius 3 is 2.17 bits per heavy atom. The van der Waals surface area contributed by atoms with E-state index in [9.17, 15) is 9.59 Å². The third-order valence-corrected chi connectivity index (χ3v) is 6.62. The van der Waals surface area contributed by atoms with E-state index in [-0.39, 0.29) is 36.2 Å². The lowest BCUT2D eigenvalue weighted by atomic mass is 10.1. The molecule has 1 saturated heterocycles. The van der Waals surface area contributed by atoms with Crippen LogP contribution in [0.25, 0.3) is 0 Å².